The molecule has 1 atom stereocenters. The van der Waals surface area contributed by atoms with Gasteiger partial charge < -0.3 is 5.11 Å². The second kappa shape index (κ2) is 8.39. The van der Waals surface area contributed by atoms with Crippen LogP contribution in [0.25, 0.3) is 0 Å². The molecule has 0 aliphatic carbocycles. The van der Waals surface area contributed by atoms with Crippen molar-refractivity contribution in [1.29, 1.82) is 5.26 Å². The fourth-order valence-electron chi connectivity index (χ4n) is 2.68. The van der Waals surface area contributed by atoms with Crippen molar-refractivity contribution >= 4 is 29.1 Å². The molecule has 4 nitrogen and oxygen atoms in total. The number of rotatable bonds is 4. The monoisotopic (exact) mass is 412 g/mol. The Labute approximate surface area is 171 Å². The van der Waals surface area contributed by atoms with Crippen LogP contribution < -0.4 is 5.11 Å². The molecular weight excluding hydrogens is 400 g/mol. The maximum atomic E-state index is 14.5. The minimum atomic E-state index is -0.974. The molecule has 0 spiro atoms. The summed E-state index contributed by atoms with van der Waals surface area (Å²) in [6.45, 7) is 1.73. The summed E-state index contributed by atoms with van der Waals surface area (Å²) in [5, 5.41) is 22.4. The van der Waals surface area contributed by atoms with Crippen LogP contribution in [0.2, 0.25) is 10.0 Å². The van der Waals surface area contributed by atoms with Gasteiger partial charge in [0.05, 0.1) is 16.7 Å². The summed E-state index contributed by atoms with van der Waals surface area (Å²) in [6.07, 6.45) is 1.30. The molecular formula is C21H13Cl2FN3O-. The molecule has 0 saturated carbocycles. The van der Waals surface area contributed by atoms with E-state index in [-0.39, 0.29) is 10.7 Å². The first-order chi connectivity index (χ1) is 13.4. The van der Waals surface area contributed by atoms with E-state index in [1.807, 2.05) is 6.07 Å². The highest BCUT2D eigenvalue weighted by Gasteiger charge is 2.19. The first kappa shape index (κ1) is 19.8. The van der Waals surface area contributed by atoms with Crippen molar-refractivity contribution < 1.29 is 9.50 Å². The smallest absolute Gasteiger partial charge is 0.148 e. The first-order valence-corrected chi connectivity index (χ1v) is 8.97. The Bertz CT molecular complexity index is 1090. The molecule has 0 aliphatic heterocycles. The predicted molar refractivity (Wildman–Crippen MR) is 105 cm³/mol. The molecule has 3 aromatic rings. The molecule has 1 aromatic heterocycles. The average molecular weight is 413 g/mol. The van der Waals surface area contributed by atoms with Gasteiger partial charge in [-0.15, -0.1) is 0 Å². The minimum absolute atomic E-state index is 0.0227. The number of hydrogen-bond acceptors (Lipinski definition) is 4. The molecule has 0 fully saturated rings. The number of hydrogen-bond donors (Lipinski definition) is 0. The molecule has 0 N–H and O–H groups in total. The normalized spacial score (nSPS) is 12.5. The van der Waals surface area contributed by atoms with Crippen molar-refractivity contribution in [2.45, 2.75) is 13.0 Å². The molecule has 3 rings (SSSR count). The van der Waals surface area contributed by atoms with Crippen LogP contribution in [0, 0.1) is 24.1 Å². The largest absolute Gasteiger partial charge is 0.858 e. The second-order valence-corrected chi connectivity index (χ2v) is 6.92. The van der Waals surface area contributed by atoms with Crippen molar-refractivity contribution in [3.05, 3.63) is 98.5 Å². The lowest BCUT2D eigenvalue weighted by molar-refractivity contribution is -0.213. The summed E-state index contributed by atoms with van der Waals surface area (Å²) in [5.41, 5.74) is 1.95. The van der Waals surface area contributed by atoms with Crippen LogP contribution in [0.15, 0.2) is 59.7 Å². The van der Waals surface area contributed by atoms with E-state index >= 15 is 0 Å². The molecule has 0 amide bonds. The zero-order valence-corrected chi connectivity index (χ0v) is 16.2. The topological polar surface area (TPSA) is 72.1 Å². The van der Waals surface area contributed by atoms with Gasteiger partial charge in [0, 0.05) is 11.2 Å². The molecule has 28 heavy (non-hydrogen) atoms. The third-order valence-corrected chi connectivity index (χ3v) is 4.58. The van der Waals surface area contributed by atoms with Crippen LogP contribution in [0.1, 0.15) is 34.0 Å². The van der Waals surface area contributed by atoms with E-state index in [0.29, 0.717) is 27.3 Å². The Kier molecular flexibility index (Phi) is 5.93. The SMILES string of the molecule is Cc1cc(C([O-])=NC(c2ccc(Cl)cc2)c2ncc(Cl)cc2F)ccc1C#N. The van der Waals surface area contributed by atoms with Gasteiger partial charge in [0.1, 0.15) is 17.6 Å². The summed E-state index contributed by atoms with van der Waals surface area (Å²) in [7, 11) is 0. The van der Waals surface area contributed by atoms with Crippen LogP contribution in [0.3, 0.4) is 0 Å². The molecule has 0 saturated heterocycles. The molecule has 2 aromatic carbocycles. The summed E-state index contributed by atoms with van der Waals surface area (Å²) < 4.78 is 14.5. The van der Waals surface area contributed by atoms with Gasteiger partial charge >= 0.3 is 0 Å². The summed E-state index contributed by atoms with van der Waals surface area (Å²) in [4.78, 5) is 8.23. The van der Waals surface area contributed by atoms with Gasteiger partial charge in [-0.1, -0.05) is 41.4 Å². The Morgan fingerprint density at radius 1 is 1.14 bits per heavy atom. The lowest BCUT2D eigenvalue weighted by atomic mass is 10.0. The minimum Gasteiger partial charge on any atom is -0.858 e. The summed E-state index contributed by atoms with van der Waals surface area (Å²) in [6, 6.07) is 13.4. The second-order valence-electron chi connectivity index (χ2n) is 6.05. The number of nitrogens with zero attached hydrogens (tertiary/aromatic N) is 3. The third kappa shape index (κ3) is 4.30. The van der Waals surface area contributed by atoms with Gasteiger partial charge in [0.25, 0.3) is 0 Å². The fourth-order valence-corrected chi connectivity index (χ4v) is 2.95. The van der Waals surface area contributed by atoms with Crippen LogP contribution in [0.5, 0.6) is 0 Å². The summed E-state index contributed by atoms with van der Waals surface area (Å²) >= 11 is 11.7. The van der Waals surface area contributed by atoms with E-state index in [1.165, 1.54) is 12.3 Å². The van der Waals surface area contributed by atoms with Gasteiger partial charge in [0.15, 0.2) is 0 Å². The molecule has 0 aliphatic rings. The van der Waals surface area contributed by atoms with Crippen LogP contribution in [0.4, 0.5) is 4.39 Å². The zero-order valence-electron chi connectivity index (χ0n) is 14.7. The average Bonchev–Trinajstić information content (AvgIpc) is 2.67. The highest BCUT2D eigenvalue weighted by Crippen LogP contribution is 2.29. The van der Waals surface area contributed by atoms with Crippen molar-refractivity contribution in [3.8, 4) is 6.07 Å². The Morgan fingerprint density at radius 3 is 2.46 bits per heavy atom. The third-order valence-electron chi connectivity index (χ3n) is 4.12. The number of halogens is 3. The molecule has 7 heteroatoms. The van der Waals surface area contributed by atoms with E-state index in [1.54, 1.807) is 43.3 Å². The van der Waals surface area contributed by atoms with E-state index in [4.69, 9.17) is 28.5 Å². The molecule has 0 bridgehead atoms. The van der Waals surface area contributed by atoms with Gasteiger partial charge in [-0.2, -0.15) is 5.26 Å². The van der Waals surface area contributed by atoms with Crippen LogP contribution in [-0.4, -0.2) is 10.9 Å². The predicted octanol–water partition coefficient (Wildman–Crippen LogP) is 4.60. The van der Waals surface area contributed by atoms with Crippen molar-refractivity contribution in [3.63, 3.8) is 0 Å². The molecule has 140 valence electrons. The van der Waals surface area contributed by atoms with Crippen LogP contribution >= 0.6 is 23.2 Å². The Hall–Kier alpha value is -2.94. The quantitative estimate of drug-likeness (QED) is 0.464. The van der Waals surface area contributed by atoms with E-state index in [9.17, 15) is 9.50 Å². The van der Waals surface area contributed by atoms with Crippen molar-refractivity contribution in [1.82, 2.24) is 4.98 Å². The number of nitriles is 1. The standard InChI is InChI=1S/C21H14Cl2FN3O/c1-12-8-14(2-3-15(12)10-25)21(28)27-19(13-4-6-16(22)7-5-13)20-18(24)9-17(23)11-26-20/h2-9,11,19H,1H3,(H,27,28)/p-1. The van der Waals surface area contributed by atoms with Crippen molar-refractivity contribution in [2.24, 2.45) is 4.99 Å². The van der Waals surface area contributed by atoms with Gasteiger partial charge in [-0.05, 0) is 59.8 Å². The lowest BCUT2D eigenvalue weighted by Gasteiger charge is -2.19. The maximum Gasteiger partial charge on any atom is 0.148 e. The van der Waals surface area contributed by atoms with Crippen molar-refractivity contribution in [2.75, 3.05) is 0 Å². The highest BCUT2D eigenvalue weighted by molar-refractivity contribution is 6.30. The van der Waals surface area contributed by atoms with Gasteiger partial charge in [0.2, 0.25) is 0 Å². The number of aryl methyl sites for hydroxylation is 1. The number of benzene rings is 2. The maximum absolute atomic E-state index is 14.5. The van der Waals surface area contributed by atoms with E-state index in [0.717, 1.165) is 6.07 Å². The van der Waals surface area contributed by atoms with E-state index in [2.05, 4.69) is 9.98 Å². The number of aromatic nitrogens is 1. The summed E-state index contributed by atoms with van der Waals surface area (Å²) in [5.74, 6) is -1.22. The van der Waals surface area contributed by atoms with Gasteiger partial charge in [-0.3, -0.25) is 9.98 Å². The fraction of sp³-hybridized carbons (Fsp3) is 0.0952. The number of pyridine rings is 1. The zero-order chi connectivity index (χ0) is 20.3. The molecule has 1 unspecified atom stereocenters. The highest BCUT2D eigenvalue weighted by atomic mass is 35.5. The first-order valence-electron chi connectivity index (χ1n) is 8.21. The Balaban J connectivity index is 2.11. The molecule has 1 heterocycles. The Morgan fingerprint density at radius 2 is 1.86 bits per heavy atom. The lowest BCUT2D eigenvalue weighted by Crippen LogP contribution is -2.21. The van der Waals surface area contributed by atoms with Crippen LogP contribution in [-0.2, 0) is 0 Å². The number of aliphatic imine (C=N–C) groups is 1. The van der Waals surface area contributed by atoms with Gasteiger partial charge in [-0.25, -0.2) is 4.39 Å². The molecule has 0 radical (unpaired) electrons. The van der Waals surface area contributed by atoms with E-state index < -0.39 is 17.8 Å².